The number of aryl methyl sites for hydroxylation is 2. The lowest BCUT2D eigenvalue weighted by Gasteiger charge is -2.04. The van der Waals surface area contributed by atoms with Crippen molar-refractivity contribution in [2.45, 2.75) is 39.9 Å². The Balaban J connectivity index is 1.79. The number of benzene rings is 1. The van der Waals surface area contributed by atoms with Crippen LogP contribution < -0.4 is 5.32 Å². The van der Waals surface area contributed by atoms with Gasteiger partial charge in [-0.25, -0.2) is 0 Å². The highest BCUT2D eigenvalue weighted by atomic mass is 14.9. The van der Waals surface area contributed by atoms with E-state index in [-0.39, 0.29) is 0 Å². The molecule has 1 heterocycles. The Labute approximate surface area is 110 Å². The van der Waals surface area contributed by atoms with E-state index in [1.54, 1.807) is 0 Å². The Kier molecular flexibility index (Phi) is 4.59. The van der Waals surface area contributed by atoms with Crippen molar-refractivity contribution >= 4 is 0 Å². The molecule has 0 fully saturated rings. The van der Waals surface area contributed by atoms with Crippen molar-refractivity contribution in [3.63, 3.8) is 0 Å². The van der Waals surface area contributed by atoms with Gasteiger partial charge in [0.1, 0.15) is 0 Å². The first-order chi connectivity index (χ1) is 8.78. The van der Waals surface area contributed by atoms with E-state index in [2.05, 4.69) is 66.5 Å². The van der Waals surface area contributed by atoms with Gasteiger partial charge in [0.05, 0.1) is 0 Å². The fourth-order valence-corrected chi connectivity index (χ4v) is 2.05. The molecule has 2 aromatic rings. The SMILES string of the molecule is CCCn1ccc(CNCc2ccc(C)cc2)c1. The Morgan fingerprint density at radius 2 is 1.72 bits per heavy atom. The summed E-state index contributed by atoms with van der Waals surface area (Å²) >= 11 is 0. The van der Waals surface area contributed by atoms with Crippen LogP contribution in [0.25, 0.3) is 0 Å². The molecular weight excluding hydrogens is 220 g/mol. The van der Waals surface area contributed by atoms with Crippen LogP contribution in [0.3, 0.4) is 0 Å². The van der Waals surface area contributed by atoms with Crippen LogP contribution in [0.1, 0.15) is 30.0 Å². The van der Waals surface area contributed by atoms with E-state index in [0.717, 1.165) is 19.6 Å². The average Bonchev–Trinajstić information content (AvgIpc) is 2.80. The summed E-state index contributed by atoms with van der Waals surface area (Å²) in [7, 11) is 0. The van der Waals surface area contributed by atoms with Crippen LogP contribution >= 0.6 is 0 Å². The second-order valence-electron chi connectivity index (χ2n) is 4.85. The zero-order chi connectivity index (χ0) is 12.8. The fraction of sp³-hybridized carbons (Fsp3) is 0.375. The molecule has 1 aromatic heterocycles. The van der Waals surface area contributed by atoms with E-state index < -0.39 is 0 Å². The number of hydrogen-bond donors (Lipinski definition) is 1. The van der Waals surface area contributed by atoms with E-state index in [1.807, 2.05) is 0 Å². The Bertz CT molecular complexity index is 468. The summed E-state index contributed by atoms with van der Waals surface area (Å²) in [5, 5.41) is 3.48. The third-order valence-corrected chi connectivity index (χ3v) is 3.07. The van der Waals surface area contributed by atoms with Gasteiger partial charge in [-0.05, 0) is 30.5 Å². The molecule has 0 aliphatic heterocycles. The van der Waals surface area contributed by atoms with E-state index in [1.165, 1.54) is 23.1 Å². The van der Waals surface area contributed by atoms with Gasteiger partial charge in [-0.2, -0.15) is 0 Å². The van der Waals surface area contributed by atoms with Crippen LogP contribution in [0.15, 0.2) is 42.7 Å². The van der Waals surface area contributed by atoms with Crippen LogP contribution in [-0.2, 0) is 19.6 Å². The number of nitrogens with one attached hydrogen (secondary N) is 1. The summed E-state index contributed by atoms with van der Waals surface area (Å²) in [4.78, 5) is 0. The van der Waals surface area contributed by atoms with E-state index in [4.69, 9.17) is 0 Å². The molecule has 0 saturated heterocycles. The normalized spacial score (nSPS) is 10.8. The molecule has 0 atom stereocenters. The standard InChI is InChI=1S/C16H22N2/c1-3-9-18-10-8-16(13-18)12-17-11-15-6-4-14(2)5-7-15/h4-8,10,13,17H,3,9,11-12H2,1-2H3. The molecule has 18 heavy (non-hydrogen) atoms. The van der Waals surface area contributed by atoms with Crippen LogP contribution in [0.4, 0.5) is 0 Å². The predicted molar refractivity (Wildman–Crippen MR) is 76.4 cm³/mol. The first-order valence-corrected chi connectivity index (χ1v) is 6.69. The minimum atomic E-state index is 0.930. The molecular formula is C16H22N2. The lowest BCUT2D eigenvalue weighted by Crippen LogP contribution is -2.12. The topological polar surface area (TPSA) is 17.0 Å². The van der Waals surface area contributed by atoms with Crippen LogP contribution in [0, 0.1) is 6.92 Å². The van der Waals surface area contributed by atoms with Crippen molar-refractivity contribution in [2.24, 2.45) is 0 Å². The molecule has 0 amide bonds. The molecule has 0 spiro atoms. The summed E-state index contributed by atoms with van der Waals surface area (Å²) in [6.45, 7) is 7.30. The van der Waals surface area contributed by atoms with Crippen molar-refractivity contribution in [1.29, 1.82) is 0 Å². The number of aromatic nitrogens is 1. The molecule has 0 radical (unpaired) electrons. The van der Waals surface area contributed by atoms with Crippen LogP contribution in [0.5, 0.6) is 0 Å². The maximum absolute atomic E-state index is 3.48. The molecule has 2 heteroatoms. The maximum atomic E-state index is 3.48. The van der Waals surface area contributed by atoms with Gasteiger partial charge < -0.3 is 9.88 Å². The summed E-state index contributed by atoms with van der Waals surface area (Å²) in [6.07, 6.45) is 5.57. The molecule has 0 saturated carbocycles. The number of rotatable bonds is 6. The van der Waals surface area contributed by atoms with Gasteiger partial charge in [0.2, 0.25) is 0 Å². The van der Waals surface area contributed by atoms with Gasteiger partial charge in [-0.1, -0.05) is 36.8 Å². The zero-order valence-corrected chi connectivity index (χ0v) is 11.3. The molecule has 2 nitrogen and oxygen atoms in total. The lowest BCUT2D eigenvalue weighted by molar-refractivity contribution is 0.668. The van der Waals surface area contributed by atoms with E-state index in [9.17, 15) is 0 Å². The van der Waals surface area contributed by atoms with Crippen LogP contribution in [-0.4, -0.2) is 4.57 Å². The molecule has 0 aliphatic carbocycles. The summed E-state index contributed by atoms with van der Waals surface area (Å²) in [5.74, 6) is 0. The smallest absolute Gasteiger partial charge is 0.0223 e. The highest BCUT2D eigenvalue weighted by Gasteiger charge is 1.97. The predicted octanol–water partition coefficient (Wildman–Crippen LogP) is 3.50. The summed E-state index contributed by atoms with van der Waals surface area (Å²) in [6, 6.07) is 10.9. The molecule has 0 aliphatic rings. The number of hydrogen-bond acceptors (Lipinski definition) is 1. The molecule has 0 bridgehead atoms. The third kappa shape index (κ3) is 3.74. The van der Waals surface area contributed by atoms with Crippen molar-refractivity contribution in [1.82, 2.24) is 9.88 Å². The van der Waals surface area contributed by atoms with Crippen molar-refractivity contribution in [3.05, 3.63) is 59.4 Å². The zero-order valence-electron chi connectivity index (χ0n) is 11.3. The Morgan fingerprint density at radius 1 is 1.00 bits per heavy atom. The maximum Gasteiger partial charge on any atom is 0.0223 e. The Morgan fingerprint density at radius 3 is 2.44 bits per heavy atom. The lowest BCUT2D eigenvalue weighted by atomic mass is 10.1. The van der Waals surface area contributed by atoms with Gasteiger partial charge in [0.25, 0.3) is 0 Å². The first-order valence-electron chi connectivity index (χ1n) is 6.69. The quantitative estimate of drug-likeness (QED) is 0.820. The minimum absolute atomic E-state index is 0.930. The third-order valence-electron chi connectivity index (χ3n) is 3.07. The number of nitrogens with zero attached hydrogens (tertiary/aromatic N) is 1. The molecule has 1 aromatic carbocycles. The second kappa shape index (κ2) is 6.41. The molecule has 2 rings (SSSR count). The van der Waals surface area contributed by atoms with Crippen molar-refractivity contribution in [2.75, 3.05) is 0 Å². The highest BCUT2D eigenvalue weighted by Crippen LogP contribution is 2.05. The van der Waals surface area contributed by atoms with Gasteiger partial charge in [-0.3, -0.25) is 0 Å². The van der Waals surface area contributed by atoms with E-state index in [0.29, 0.717) is 0 Å². The first kappa shape index (κ1) is 12.9. The fourth-order valence-electron chi connectivity index (χ4n) is 2.05. The summed E-state index contributed by atoms with van der Waals surface area (Å²) < 4.78 is 2.25. The van der Waals surface area contributed by atoms with Gasteiger partial charge >= 0.3 is 0 Å². The second-order valence-corrected chi connectivity index (χ2v) is 4.85. The minimum Gasteiger partial charge on any atom is -0.354 e. The van der Waals surface area contributed by atoms with Gasteiger partial charge in [0, 0.05) is 32.0 Å². The van der Waals surface area contributed by atoms with Crippen LogP contribution in [0.2, 0.25) is 0 Å². The monoisotopic (exact) mass is 242 g/mol. The van der Waals surface area contributed by atoms with Gasteiger partial charge in [-0.15, -0.1) is 0 Å². The highest BCUT2D eigenvalue weighted by molar-refractivity contribution is 5.21. The van der Waals surface area contributed by atoms with Crippen molar-refractivity contribution < 1.29 is 0 Å². The van der Waals surface area contributed by atoms with Gasteiger partial charge in [0.15, 0.2) is 0 Å². The average molecular weight is 242 g/mol. The largest absolute Gasteiger partial charge is 0.354 e. The molecule has 0 unspecified atom stereocenters. The summed E-state index contributed by atoms with van der Waals surface area (Å²) in [5.41, 5.74) is 4.01. The molecule has 1 N–H and O–H groups in total. The van der Waals surface area contributed by atoms with Crippen molar-refractivity contribution in [3.8, 4) is 0 Å². The Hall–Kier alpha value is -1.54. The molecule has 96 valence electrons. The van der Waals surface area contributed by atoms with E-state index >= 15 is 0 Å².